The molecular weight excluding hydrogens is 244 g/mol. The summed E-state index contributed by atoms with van der Waals surface area (Å²) < 4.78 is 0. The highest BCUT2D eigenvalue weighted by Crippen LogP contribution is 2.27. The first-order valence-corrected chi connectivity index (χ1v) is 6.83. The maximum absolute atomic E-state index is 3.71. The molecular formula is C18H18N2. The third-order valence-corrected chi connectivity index (χ3v) is 3.50. The molecule has 0 spiro atoms. The molecule has 2 aromatic carbocycles. The van der Waals surface area contributed by atoms with Gasteiger partial charge in [-0.1, -0.05) is 49.1 Å². The van der Waals surface area contributed by atoms with Crippen LogP contribution >= 0.6 is 0 Å². The predicted molar refractivity (Wildman–Crippen MR) is 86.8 cm³/mol. The Kier molecular flexibility index (Phi) is 3.55. The number of hydrogen-bond acceptors (Lipinski definition) is 2. The molecule has 1 aliphatic rings. The molecule has 1 heterocycles. The van der Waals surface area contributed by atoms with Crippen LogP contribution in [0.4, 0.5) is 11.4 Å². The molecule has 0 amide bonds. The predicted octanol–water partition coefficient (Wildman–Crippen LogP) is 4.28. The minimum atomic E-state index is 0.846. The highest BCUT2D eigenvalue weighted by atomic mass is 15.2. The average molecular weight is 262 g/mol. The molecule has 0 aliphatic carbocycles. The molecule has 2 nitrogen and oxygen atoms in total. The first kappa shape index (κ1) is 12.5. The zero-order valence-electron chi connectivity index (χ0n) is 11.4. The van der Waals surface area contributed by atoms with Gasteiger partial charge < -0.3 is 10.2 Å². The van der Waals surface area contributed by atoms with Crippen molar-refractivity contribution in [2.75, 3.05) is 16.9 Å². The molecule has 2 heteroatoms. The van der Waals surface area contributed by atoms with Crippen LogP contribution in [0.2, 0.25) is 0 Å². The largest absolute Gasteiger partial charge is 0.367 e. The van der Waals surface area contributed by atoms with Crippen LogP contribution in [0.1, 0.15) is 11.1 Å². The Hall–Kier alpha value is -2.48. The van der Waals surface area contributed by atoms with Crippen LogP contribution in [0.3, 0.4) is 0 Å². The molecule has 3 rings (SSSR count). The topological polar surface area (TPSA) is 15.3 Å². The van der Waals surface area contributed by atoms with Crippen LogP contribution in [0.25, 0.3) is 6.08 Å². The number of allylic oxidation sites excluding steroid dienone is 2. The molecule has 1 N–H and O–H groups in total. The van der Waals surface area contributed by atoms with E-state index in [2.05, 4.69) is 65.3 Å². The van der Waals surface area contributed by atoms with E-state index in [0.29, 0.717) is 0 Å². The van der Waals surface area contributed by atoms with Crippen molar-refractivity contribution < 1.29 is 0 Å². The van der Waals surface area contributed by atoms with E-state index in [9.17, 15) is 0 Å². The lowest BCUT2D eigenvalue weighted by Crippen LogP contribution is -2.33. The molecule has 0 saturated heterocycles. The summed E-state index contributed by atoms with van der Waals surface area (Å²) >= 11 is 0. The van der Waals surface area contributed by atoms with Gasteiger partial charge in [-0.3, -0.25) is 0 Å². The summed E-state index contributed by atoms with van der Waals surface area (Å²) in [5.41, 5.74) is 5.01. The Balaban J connectivity index is 1.86. The quantitative estimate of drug-likeness (QED) is 0.831. The van der Waals surface area contributed by atoms with Gasteiger partial charge in [-0.2, -0.15) is 0 Å². The Morgan fingerprint density at radius 2 is 1.95 bits per heavy atom. The molecule has 2 aromatic rings. The van der Waals surface area contributed by atoms with Gasteiger partial charge in [0.2, 0.25) is 0 Å². The number of nitrogens with one attached hydrogen (secondary N) is 1. The number of hydrogen-bond donors (Lipinski definition) is 1. The van der Waals surface area contributed by atoms with E-state index < -0.39 is 0 Å². The molecule has 0 saturated carbocycles. The van der Waals surface area contributed by atoms with Gasteiger partial charge in [-0.25, -0.2) is 0 Å². The van der Waals surface area contributed by atoms with Crippen molar-refractivity contribution in [2.24, 2.45) is 0 Å². The van der Waals surface area contributed by atoms with E-state index in [1.165, 1.54) is 22.5 Å². The molecule has 1 aliphatic heterocycles. The second-order valence-corrected chi connectivity index (χ2v) is 4.88. The van der Waals surface area contributed by atoms with Crippen molar-refractivity contribution >= 4 is 17.5 Å². The number of nitrogens with zero attached hydrogens (tertiary/aromatic N) is 1. The molecule has 20 heavy (non-hydrogen) atoms. The van der Waals surface area contributed by atoms with Gasteiger partial charge in [-0.05, 0) is 35.4 Å². The van der Waals surface area contributed by atoms with Gasteiger partial charge in [0.25, 0.3) is 0 Å². The average Bonchev–Trinajstić information content (AvgIpc) is 2.53. The number of fused-ring (bicyclic) bond motifs is 1. The maximum Gasteiger partial charge on any atom is 0.0880 e. The van der Waals surface area contributed by atoms with Gasteiger partial charge in [0, 0.05) is 17.9 Å². The van der Waals surface area contributed by atoms with Gasteiger partial charge in [0.15, 0.2) is 0 Å². The van der Waals surface area contributed by atoms with Crippen molar-refractivity contribution in [3.63, 3.8) is 0 Å². The Bertz CT molecular complexity index is 629. The summed E-state index contributed by atoms with van der Waals surface area (Å²) in [7, 11) is 0. The van der Waals surface area contributed by atoms with E-state index >= 15 is 0 Å². The van der Waals surface area contributed by atoms with Crippen LogP contribution < -0.4 is 10.2 Å². The molecule has 0 atom stereocenters. The summed E-state index contributed by atoms with van der Waals surface area (Å²) in [6.07, 6.45) is 5.84. The fourth-order valence-electron chi connectivity index (χ4n) is 2.46. The van der Waals surface area contributed by atoms with E-state index in [4.69, 9.17) is 0 Å². The van der Waals surface area contributed by atoms with Crippen molar-refractivity contribution in [3.8, 4) is 0 Å². The Morgan fingerprint density at radius 3 is 2.75 bits per heavy atom. The van der Waals surface area contributed by atoms with Gasteiger partial charge >= 0.3 is 0 Å². The van der Waals surface area contributed by atoms with Crippen LogP contribution in [0.5, 0.6) is 0 Å². The van der Waals surface area contributed by atoms with Crippen molar-refractivity contribution in [1.82, 2.24) is 0 Å². The molecule has 0 bridgehead atoms. The third kappa shape index (κ3) is 2.59. The summed E-state index contributed by atoms with van der Waals surface area (Å²) in [5.74, 6) is 0. The van der Waals surface area contributed by atoms with Gasteiger partial charge in [0.1, 0.15) is 0 Å². The number of rotatable bonds is 3. The normalized spacial score (nSPS) is 13.9. The van der Waals surface area contributed by atoms with Crippen LogP contribution in [-0.2, 0) is 6.54 Å². The second-order valence-electron chi connectivity index (χ2n) is 4.88. The molecule has 0 radical (unpaired) electrons. The lowest BCUT2D eigenvalue weighted by molar-refractivity contribution is 0.810. The fraction of sp³-hybridized carbons (Fsp3) is 0.111. The molecule has 0 fully saturated rings. The highest BCUT2D eigenvalue weighted by Gasteiger charge is 2.15. The standard InChI is InChI=1S/C18H18N2/c1-2-3-7-15-10-11-18-16(12-15)13-20(14-19-18)17-8-5-4-6-9-17/h2-12,19H,1,13-14H2/b7-3+. The lowest BCUT2D eigenvalue weighted by atomic mass is 10.1. The summed E-state index contributed by atoms with van der Waals surface area (Å²) in [6.45, 7) is 5.49. The lowest BCUT2D eigenvalue weighted by Gasteiger charge is -2.32. The number of para-hydroxylation sites is 1. The Morgan fingerprint density at radius 1 is 1.10 bits per heavy atom. The van der Waals surface area contributed by atoms with Crippen molar-refractivity contribution in [2.45, 2.75) is 6.54 Å². The summed E-state index contributed by atoms with van der Waals surface area (Å²) in [5, 5.41) is 3.48. The second kappa shape index (κ2) is 5.66. The van der Waals surface area contributed by atoms with E-state index in [0.717, 1.165) is 13.2 Å². The first-order chi connectivity index (χ1) is 9.86. The van der Waals surface area contributed by atoms with Crippen molar-refractivity contribution in [1.29, 1.82) is 0 Å². The maximum atomic E-state index is 3.71. The monoisotopic (exact) mass is 262 g/mol. The summed E-state index contributed by atoms with van der Waals surface area (Å²) in [4.78, 5) is 2.34. The zero-order chi connectivity index (χ0) is 13.8. The smallest absolute Gasteiger partial charge is 0.0880 e. The number of benzene rings is 2. The van der Waals surface area contributed by atoms with Gasteiger partial charge in [0.05, 0.1) is 6.67 Å². The first-order valence-electron chi connectivity index (χ1n) is 6.83. The van der Waals surface area contributed by atoms with E-state index in [-0.39, 0.29) is 0 Å². The third-order valence-electron chi connectivity index (χ3n) is 3.50. The van der Waals surface area contributed by atoms with Crippen LogP contribution in [-0.4, -0.2) is 6.67 Å². The van der Waals surface area contributed by atoms with E-state index in [1.807, 2.05) is 12.1 Å². The molecule has 0 aromatic heterocycles. The van der Waals surface area contributed by atoms with Crippen molar-refractivity contribution in [3.05, 3.63) is 78.4 Å². The molecule has 100 valence electrons. The minimum Gasteiger partial charge on any atom is -0.367 e. The SMILES string of the molecule is C=C/C=C/c1ccc2c(c1)CN(c1ccccc1)CN2. The number of anilines is 2. The van der Waals surface area contributed by atoms with Crippen LogP contribution in [0, 0.1) is 0 Å². The zero-order valence-corrected chi connectivity index (χ0v) is 11.4. The Labute approximate surface area is 120 Å². The summed E-state index contributed by atoms with van der Waals surface area (Å²) in [6, 6.07) is 17.0. The minimum absolute atomic E-state index is 0.846. The van der Waals surface area contributed by atoms with Crippen LogP contribution in [0.15, 0.2) is 67.3 Å². The van der Waals surface area contributed by atoms with Gasteiger partial charge in [-0.15, -0.1) is 0 Å². The van der Waals surface area contributed by atoms with E-state index in [1.54, 1.807) is 6.08 Å². The highest BCUT2D eigenvalue weighted by molar-refractivity contribution is 5.64. The fourth-order valence-corrected chi connectivity index (χ4v) is 2.46. The molecule has 0 unspecified atom stereocenters.